The first-order valence-corrected chi connectivity index (χ1v) is 5.99. The molecular weight excluding hydrogens is 246 g/mol. The maximum atomic E-state index is 11.1. The third kappa shape index (κ3) is 2.56. The molecule has 0 bridgehead atoms. The monoisotopic (exact) mass is 263 g/mol. The van der Waals surface area contributed by atoms with E-state index in [2.05, 4.69) is 0 Å². The largest absolute Gasteiger partial charge is 0.491 e. The third-order valence-electron chi connectivity index (χ3n) is 3.07. The van der Waals surface area contributed by atoms with E-state index in [-0.39, 0.29) is 5.69 Å². The van der Waals surface area contributed by atoms with E-state index in [1.54, 1.807) is 24.8 Å². The zero-order valence-corrected chi connectivity index (χ0v) is 11.3. The highest BCUT2D eigenvalue weighted by Gasteiger charge is 2.14. The number of aromatic carboxylic acids is 1. The van der Waals surface area contributed by atoms with Crippen LogP contribution in [0.15, 0.2) is 18.2 Å². The molecule has 0 aliphatic rings. The highest BCUT2D eigenvalue weighted by atomic mass is 16.5. The van der Waals surface area contributed by atoms with Crippen molar-refractivity contribution in [1.29, 1.82) is 0 Å². The number of hydrogen-bond acceptors (Lipinski definition) is 3. The van der Waals surface area contributed by atoms with Crippen molar-refractivity contribution < 1.29 is 19.4 Å². The van der Waals surface area contributed by atoms with E-state index >= 15 is 0 Å². The fourth-order valence-electron chi connectivity index (χ4n) is 2.24. The van der Waals surface area contributed by atoms with Crippen molar-refractivity contribution in [2.45, 2.75) is 6.92 Å². The van der Waals surface area contributed by atoms with Crippen LogP contribution in [-0.4, -0.2) is 36.0 Å². The topological polar surface area (TPSA) is 60.7 Å². The zero-order valence-electron chi connectivity index (χ0n) is 11.3. The molecule has 5 nitrogen and oxygen atoms in total. The summed E-state index contributed by atoms with van der Waals surface area (Å²) in [6.45, 7) is 2.93. The first-order chi connectivity index (χ1) is 9.04. The molecule has 0 atom stereocenters. The standard InChI is InChI=1S/C14H17NO4/c1-9-6-11(19-5-4-18-3)7-10-8-12(14(16)17)15(2)13(9)10/h6-8H,4-5H2,1-3H3,(H,16,17). The number of ether oxygens (including phenoxy) is 2. The van der Waals surface area contributed by atoms with E-state index in [0.717, 1.165) is 22.2 Å². The average Bonchev–Trinajstić information content (AvgIpc) is 2.67. The minimum absolute atomic E-state index is 0.271. The van der Waals surface area contributed by atoms with Gasteiger partial charge >= 0.3 is 5.97 Å². The lowest BCUT2D eigenvalue weighted by atomic mass is 10.1. The lowest BCUT2D eigenvalue weighted by Crippen LogP contribution is -2.05. The van der Waals surface area contributed by atoms with Gasteiger partial charge in [0.1, 0.15) is 18.1 Å². The van der Waals surface area contributed by atoms with Gasteiger partial charge in [0.15, 0.2) is 0 Å². The van der Waals surface area contributed by atoms with Crippen molar-refractivity contribution in [3.8, 4) is 5.75 Å². The molecule has 0 fully saturated rings. The Hall–Kier alpha value is -2.01. The van der Waals surface area contributed by atoms with Crippen LogP contribution in [-0.2, 0) is 11.8 Å². The quantitative estimate of drug-likeness (QED) is 0.840. The summed E-state index contributed by atoms with van der Waals surface area (Å²) in [5.41, 5.74) is 2.17. The van der Waals surface area contributed by atoms with Crippen LogP contribution in [0.5, 0.6) is 5.75 Å². The van der Waals surface area contributed by atoms with E-state index in [9.17, 15) is 4.79 Å². The molecule has 0 unspecified atom stereocenters. The number of aryl methyl sites for hydroxylation is 2. The Morgan fingerprint density at radius 3 is 2.68 bits per heavy atom. The maximum absolute atomic E-state index is 11.1. The van der Waals surface area contributed by atoms with Crippen LogP contribution in [0, 0.1) is 6.92 Å². The molecule has 1 N–H and O–H groups in total. The molecule has 5 heteroatoms. The minimum atomic E-state index is -0.931. The van der Waals surface area contributed by atoms with Gasteiger partial charge in [-0.2, -0.15) is 0 Å². The van der Waals surface area contributed by atoms with E-state index in [1.807, 2.05) is 19.1 Å². The van der Waals surface area contributed by atoms with Gasteiger partial charge in [0, 0.05) is 19.5 Å². The van der Waals surface area contributed by atoms with E-state index in [0.29, 0.717) is 13.2 Å². The van der Waals surface area contributed by atoms with Crippen LogP contribution in [0.25, 0.3) is 10.9 Å². The van der Waals surface area contributed by atoms with Gasteiger partial charge in [-0.3, -0.25) is 0 Å². The first kappa shape index (κ1) is 13.4. The van der Waals surface area contributed by atoms with Gasteiger partial charge in [-0.05, 0) is 30.7 Å². The lowest BCUT2D eigenvalue weighted by molar-refractivity contribution is 0.0687. The number of fused-ring (bicyclic) bond motifs is 1. The fourth-order valence-corrected chi connectivity index (χ4v) is 2.24. The van der Waals surface area contributed by atoms with E-state index < -0.39 is 5.97 Å². The Morgan fingerprint density at radius 1 is 1.32 bits per heavy atom. The number of methoxy groups -OCH3 is 1. The Balaban J connectivity index is 2.43. The normalized spacial score (nSPS) is 10.9. The number of nitrogens with zero attached hydrogens (tertiary/aromatic N) is 1. The average molecular weight is 263 g/mol. The third-order valence-corrected chi connectivity index (χ3v) is 3.07. The summed E-state index contributed by atoms with van der Waals surface area (Å²) in [5, 5.41) is 10.00. The van der Waals surface area contributed by atoms with Crippen LogP contribution in [0.1, 0.15) is 16.1 Å². The van der Waals surface area contributed by atoms with Crippen LogP contribution in [0.4, 0.5) is 0 Å². The van der Waals surface area contributed by atoms with Crippen molar-refractivity contribution in [2.75, 3.05) is 20.3 Å². The molecule has 1 heterocycles. The van der Waals surface area contributed by atoms with Gasteiger partial charge in [-0.15, -0.1) is 0 Å². The summed E-state index contributed by atoms with van der Waals surface area (Å²) in [6.07, 6.45) is 0. The van der Waals surface area contributed by atoms with Crippen LogP contribution < -0.4 is 4.74 Å². The Bertz CT molecular complexity index is 615. The Morgan fingerprint density at radius 2 is 2.05 bits per heavy atom. The van der Waals surface area contributed by atoms with E-state index in [4.69, 9.17) is 14.6 Å². The Labute approximate surface area is 111 Å². The molecule has 0 aliphatic heterocycles. The summed E-state index contributed by atoms with van der Waals surface area (Å²) in [4.78, 5) is 11.1. The molecule has 0 amide bonds. The maximum Gasteiger partial charge on any atom is 0.352 e. The van der Waals surface area contributed by atoms with E-state index in [1.165, 1.54) is 0 Å². The molecule has 1 aromatic carbocycles. The molecule has 102 valence electrons. The molecule has 2 rings (SSSR count). The number of rotatable bonds is 5. The summed E-state index contributed by atoms with van der Waals surface area (Å²) in [6, 6.07) is 5.42. The summed E-state index contributed by atoms with van der Waals surface area (Å²) in [5.74, 6) is -0.204. The second kappa shape index (κ2) is 5.32. The summed E-state index contributed by atoms with van der Waals surface area (Å²) in [7, 11) is 3.37. The van der Waals surface area contributed by atoms with Gasteiger partial charge in [0.05, 0.1) is 12.1 Å². The molecule has 0 aliphatic carbocycles. The van der Waals surface area contributed by atoms with Crippen LogP contribution in [0.3, 0.4) is 0 Å². The molecule has 0 spiro atoms. The van der Waals surface area contributed by atoms with Crippen molar-refractivity contribution in [3.63, 3.8) is 0 Å². The SMILES string of the molecule is COCCOc1cc(C)c2c(c1)cc(C(=O)O)n2C. The number of carboxylic acids is 1. The lowest BCUT2D eigenvalue weighted by Gasteiger charge is -2.08. The highest BCUT2D eigenvalue weighted by Crippen LogP contribution is 2.27. The summed E-state index contributed by atoms with van der Waals surface area (Å²) < 4.78 is 12.2. The molecule has 0 radical (unpaired) electrons. The minimum Gasteiger partial charge on any atom is -0.491 e. The molecule has 0 saturated heterocycles. The molecule has 2 aromatic rings. The number of carboxylic acid groups (broad SMARTS) is 1. The second-order valence-electron chi connectivity index (χ2n) is 4.41. The smallest absolute Gasteiger partial charge is 0.352 e. The van der Waals surface area contributed by atoms with Crippen molar-refractivity contribution in [1.82, 2.24) is 4.57 Å². The predicted molar refractivity (Wildman–Crippen MR) is 72.0 cm³/mol. The van der Waals surface area contributed by atoms with Gasteiger partial charge in [0.25, 0.3) is 0 Å². The van der Waals surface area contributed by atoms with Gasteiger partial charge in [-0.1, -0.05) is 0 Å². The first-order valence-electron chi connectivity index (χ1n) is 5.99. The molecule has 19 heavy (non-hydrogen) atoms. The van der Waals surface area contributed by atoms with Gasteiger partial charge in [-0.25, -0.2) is 4.79 Å². The molecule has 1 aromatic heterocycles. The van der Waals surface area contributed by atoms with Gasteiger partial charge in [0.2, 0.25) is 0 Å². The van der Waals surface area contributed by atoms with Crippen molar-refractivity contribution in [2.24, 2.45) is 7.05 Å². The zero-order chi connectivity index (χ0) is 14.0. The number of aromatic nitrogens is 1. The number of benzene rings is 1. The number of carbonyl (C=O) groups is 1. The Kier molecular flexibility index (Phi) is 3.76. The van der Waals surface area contributed by atoms with Crippen molar-refractivity contribution >= 4 is 16.9 Å². The predicted octanol–water partition coefficient (Wildman–Crippen LogP) is 2.21. The number of hydrogen-bond donors (Lipinski definition) is 1. The second-order valence-corrected chi connectivity index (χ2v) is 4.41. The van der Waals surface area contributed by atoms with Crippen LogP contribution in [0.2, 0.25) is 0 Å². The summed E-state index contributed by atoms with van der Waals surface area (Å²) >= 11 is 0. The van der Waals surface area contributed by atoms with Gasteiger partial charge < -0.3 is 19.1 Å². The van der Waals surface area contributed by atoms with Crippen molar-refractivity contribution in [3.05, 3.63) is 29.5 Å². The molecule has 0 saturated carbocycles. The fraction of sp³-hybridized carbons (Fsp3) is 0.357. The highest BCUT2D eigenvalue weighted by molar-refractivity contribution is 5.96. The van der Waals surface area contributed by atoms with Crippen LogP contribution >= 0.6 is 0 Å². The molecular formula is C14H17NO4.